The van der Waals surface area contributed by atoms with Crippen molar-refractivity contribution in [2.24, 2.45) is 0 Å². The van der Waals surface area contributed by atoms with Gasteiger partial charge in [0, 0.05) is 18.2 Å². The van der Waals surface area contributed by atoms with Gasteiger partial charge in [-0.05, 0) is 32.9 Å². The average molecular weight is 302 g/mol. The lowest BCUT2D eigenvalue weighted by Crippen LogP contribution is -2.48. The summed E-state index contributed by atoms with van der Waals surface area (Å²) in [4.78, 5) is 11.5. The normalized spacial score (nSPS) is 12.7. The van der Waals surface area contributed by atoms with Gasteiger partial charge in [0.2, 0.25) is 0 Å². The smallest absolute Gasteiger partial charge is 0.315 e. The number of carbonyl (C=O) groups excluding carboxylic acids is 1. The molecule has 1 atom stereocenters. The van der Waals surface area contributed by atoms with Crippen LogP contribution >= 0.6 is 0 Å². The minimum absolute atomic E-state index is 0.0222. The fourth-order valence-corrected chi connectivity index (χ4v) is 1.41. The van der Waals surface area contributed by atoms with Crippen LogP contribution in [0.25, 0.3) is 0 Å². The van der Waals surface area contributed by atoms with Crippen molar-refractivity contribution in [3.63, 3.8) is 0 Å². The molecule has 0 aliphatic rings. The van der Waals surface area contributed by atoms with Crippen LogP contribution in [0.3, 0.4) is 0 Å². The van der Waals surface area contributed by atoms with Gasteiger partial charge in [0.15, 0.2) is 11.6 Å². The van der Waals surface area contributed by atoms with Crippen molar-refractivity contribution >= 4 is 6.03 Å². The second-order valence-corrected chi connectivity index (χ2v) is 5.63. The third-order valence-electron chi connectivity index (χ3n) is 2.32. The summed E-state index contributed by atoms with van der Waals surface area (Å²) >= 11 is 0. The Morgan fingerprint density at radius 2 is 2.00 bits per heavy atom. The van der Waals surface area contributed by atoms with E-state index < -0.39 is 23.8 Å². The predicted molar refractivity (Wildman–Crippen MR) is 74.1 cm³/mol. The quantitative estimate of drug-likeness (QED) is 0.777. The van der Waals surface area contributed by atoms with Crippen LogP contribution in [0.15, 0.2) is 18.2 Å². The summed E-state index contributed by atoms with van der Waals surface area (Å²) < 4.78 is 30.7. The van der Waals surface area contributed by atoms with Crippen molar-refractivity contribution in [2.45, 2.75) is 32.4 Å². The molecule has 0 bridgehead atoms. The lowest BCUT2D eigenvalue weighted by atomic mass is 10.1. The molecular weight excluding hydrogens is 282 g/mol. The van der Waals surface area contributed by atoms with E-state index in [1.54, 1.807) is 0 Å². The van der Waals surface area contributed by atoms with E-state index in [0.29, 0.717) is 0 Å². The van der Waals surface area contributed by atoms with Gasteiger partial charge in [-0.25, -0.2) is 13.6 Å². The SMILES string of the molecule is CC(C)(C)NC(=O)NCC(O)COc1ccc(F)c(F)c1. The first-order valence-corrected chi connectivity index (χ1v) is 6.49. The molecule has 0 radical (unpaired) electrons. The number of aliphatic hydroxyl groups excluding tert-OH is 1. The molecule has 2 amide bonds. The first kappa shape index (κ1) is 17.2. The minimum Gasteiger partial charge on any atom is -0.491 e. The second-order valence-electron chi connectivity index (χ2n) is 5.63. The highest BCUT2D eigenvalue weighted by molar-refractivity contribution is 5.74. The summed E-state index contributed by atoms with van der Waals surface area (Å²) in [7, 11) is 0. The molecule has 1 aromatic rings. The molecule has 3 N–H and O–H groups in total. The molecule has 118 valence electrons. The molecule has 0 aliphatic carbocycles. The van der Waals surface area contributed by atoms with Crippen LogP contribution in [-0.2, 0) is 0 Å². The van der Waals surface area contributed by atoms with E-state index in [-0.39, 0.29) is 24.4 Å². The topological polar surface area (TPSA) is 70.6 Å². The predicted octanol–water partition coefficient (Wildman–Crippen LogP) is 1.80. The summed E-state index contributed by atoms with van der Waals surface area (Å²) in [6.45, 7) is 5.31. The van der Waals surface area contributed by atoms with Gasteiger partial charge in [-0.1, -0.05) is 0 Å². The molecule has 0 aliphatic heterocycles. The van der Waals surface area contributed by atoms with Crippen molar-refractivity contribution in [2.75, 3.05) is 13.2 Å². The molecule has 21 heavy (non-hydrogen) atoms. The standard InChI is InChI=1S/C14H20F2N2O3/c1-14(2,3)18-13(20)17-7-9(19)8-21-10-4-5-11(15)12(16)6-10/h4-6,9,19H,7-8H2,1-3H3,(H2,17,18,20). The Morgan fingerprint density at radius 3 is 2.57 bits per heavy atom. The highest BCUT2D eigenvalue weighted by atomic mass is 19.2. The van der Waals surface area contributed by atoms with E-state index in [1.807, 2.05) is 20.8 Å². The Kier molecular flexibility index (Phi) is 5.90. The van der Waals surface area contributed by atoms with E-state index in [0.717, 1.165) is 12.1 Å². The monoisotopic (exact) mass is 302 g/mol. The molecule has 7 heteroatoms. The molecule has 0 aromatic heterocycles. The third kappa shape index (κ3) is 6.89. The Labute approximate surface area is 122 Å². The highest BCUT2D eigenvalue weighted by Gasteiger charge is 2.14. The molecule has 0 heterocycles. The summed E-state index contributed by atoms with van der Waals surface area (Å²) in [6.07, 6.45) is -0.969. The van der Waals surface area contributed by atoms with Gasteiger partial charge >= 0.3 is 6.03 Å². The first-order valence-electron chi connectivity index (χ1n) is 6.49. The van der Waals surface area contributed by atoms with Crippen LogP contribution in [0.1, 0.15) is 20.8 Å². The van der Waals surface area contributed by atoms with Gasteiger partial charge in [-0.15, -0.1) is 0 Å². The van der Waals surface area contributed by atoms with Crippen LogP contribution < -0.4 is 15.4 Å². The van der Waals surface area contributed by atoms with Crippen molar-refractivity contribution in [1.29, 1.82) is 0 Å². The van der Waals surface area contributed by atoms with Crippen molar-refractivity contribution in [3.8, 4) is 5.75 Å². The first-order chi connectivity index (χ1) is 9.67. The number of hydrogen-bond acceptors (Lipinski definition) is 3. The van der Waals surface area contributed by atoms with Crippen molar-refractivity contribution < 1.29 is 23.4 Å². The zero-order valence-electron chi connectivity index (χ0n) is 12.2. The van der Waals surface area contributed by atoms with Crippen molar-refractivity contribution in [3.05, 3.63) is 29.8 Å². The average Bonchev–Trinajstić information content (AvgIpc) is 2.36. The van der Waals surface area contributed by atoms with Crippen LogP contribution in [0, 0.1) is 11.6 Å². The molecular formula is C14H20F2N2O3. The Hall–Kier alpha value is -1.89. The molecule has 1 unspecified atom stereocenters. The number of urea groups is 1. The van der Waals surface area contributed by atoms with Crippen molar-refractivity contribution in [1.82, 2.24) is 10.6 Å². The molecule has 0 spiro atoms. The van der Waals surface area contributed by atoms with Gasteiger partial charge in [0.25, 0.3) is 0 Å². The number of ether oxygens (including phenoxy) is 1. The van der Waals surface area contributed by atoms with Crippen LogP contribution in [-0.4, -0.2) is 35.9 Å². The van der Waals surface area contributed by atoms with E-state index in [1.165, 1.54) is 6.07 Å². The largest absolute Gasteiger partial charge is 0.491 e. The van der Waals surface area contributed by atoms with E-state index in [2.05, 4.69) is 10.6 Å². The maximum absolute atomic E-state index is 12.9. The zero-order chi connectivity index (χ0) is 16.0. The number of benzene rings is 1. The summed E-state index contributed by atoms with van der Waals surface area (Å²) in [5, 5.41) is 14.8. The summed E-state index contributed by atoms with van der Waals surface area (Å²) in [6, 6.07) is 2.67. The van der Waals surface area contributed by atoms with E-state index in [4.69, 9.17) is 4.74 Å². The third-order valence-corrected chi connectivity index (χ3v) is 2.32. The maximum atomic E-state index is 12.9. The minimum atomic E-state index is -1.02. The molecule has 0 fully saturated rings. The highest BCUT2D eigenvalue weighted by Crippen LogP contribution is 2.15. The van der Waals surface area contributed by atoms with E-state index >= 15 is 0 Å². The van der Waals surface area contributed by atoms with Gasteiger partial charge < -0.3 is 20.5 Å². The van der Waals surface area contributed by atoms with Crippen LogP contribution in [0.5, 0.6) is 5.75 Å². The molecule has 1 aromatic carbocycles. The number of amides is 2. The lowest BCUT2D eigenvalue weighted by molar-refractivity contribution is 0.107. The Balaban J connectivity index is 2.32. The number of nitrogens with one attached hydrogen (secondary N) is 2. The number of rotatable bonds is 5. The number of aliphatic hydroxyl groups is 1. The van der Waals surface area contributed by atoms with Gasteiger partial charge in [0.05, 0.1) is 0 Å². The molecule has 1 rings (SSSR count). The molecule has 5 nitrogen and oxygen atoms in total. The fourth-order valence-electron chi connectivity index (χ4n) is 1.41. The fraction of sp³-hybridized carbons (Fsp3) is 0.500. The van der Waals surface area contributed by atoms with E-state index in [9.17, 15) is 18.7 Å². The van der Waals surface area contributed by atoms with Gasteiger partial charge in [-0.2, -0.15) is 0 Å². The number of halogens is 2. The number of hydrogen-bond donors (Lipinski definition) is 3. The van der Waals surface area contributed by atoms with Crippen LogP contribution in [0.2, 0.25) is 0 Å². The van der Waals surface area contributed by atoms with Crippen LogP contribution in [0.4, 0.5) is 13.6 Å². The van der Waals surface area contributed by atoms with Gasteiger partial charge in [-0.3, -0.25) is 0 Å². The maximum Gasteiger partial charge on any atom is 0.315 e. The lowest BCUT2D eigenvalue weighted by Gasteiger charge is -2.21. The molecule has 0 saturated carbocycles. The second kappa shape index (κ2) is 7.21. The summed E-state index contributed by atoms with van der Waals surface area (Å²) in [5.74, 6) is -1.89. The zero-order valence-corrected chi connectivity index (χ0v) is 12.2. The summed E-state index contributed by atoms with van der Waals surface area (Å²) in [5.41, 5.74) is -0.378. The number of carbonyl (C=O) groups is 1. The van der Waals surface area contributed by atoms with Gasteiger partial charge in [0.1, 0.15) is 18.5 Å². The Morgan fingerprint density at radius 1 is 1.33 bits per heavy atom. The Bertz CT molecular complexity index is 490. The molecule has 0 saturated heterocycles.